The summed E-state index contributed by atoms with van der Waals surface area (Å²) in [6.45, 7) is 0.407. The van der Waals surface area contributed by atoms with E-state index in [0.29, 0.717) is 36.3 Å². The van der Waals surface area contributed by atoms with E-state index in [4.69, 9.17) is 10.00 Å². The Kier molecular flexibility index (Phi) is 7.14. The molecular formula is C22H25FN4O2. The van der Waals surface area contributed by atoms with Gasteiger partial charge in [0.15, 0.2) is 0 Å². The zero-order valence-corrected chi connectivity index (χ0v) is 16.4. The van der Waals surface area contributed by atoms with Crippen molar-refractivity contribution in [3.8, 4) is 6.07 Å². The highest BCUT2D eigenvalue weighted by molar-refractivity contribution is 5.78. The lowest BCUT2D eigenvalue weighted by atomic mass is 9.83. The zero-order valence-electron chi connectivity index (χ0n) is 16.4. The number of nitriles is 1. The van der Waals surface area contributed by atoms with Gasteiger partial charge in [-0.05, 0) is 49.4 Å². The number of nitrogens with zero attached hydrogens (tertiary/aromatic N) is 2. The monoisotopic (exact) mass is 396 g/mol. The van der Waals surface area contributed by atoms with E-state index in [9.17, 15) is 9.18 Å². The molecule has 3 atom stereocenters. The highest BCUT2D eigenvalue weighted by atomic mass is 19.1. The van der Waals surface area contributed by atoms with E-state index >= 15 is 0 Å². The molecule has 0 unspecified atom stereocenters. The van der Waals surface area contributed by atoms with Crippen LogP contribution in [-0.2, 0) is 16.0 Å². The Bertz CT molecular complexity index is 866. The molecule has 1 amide bonds. The van der Waals surface area contributed by atoms with E-state index in [0.717, 1.165) is 12.8 Å². The quantitative estimate of drug-likeness (QED) is 0.751. The average molecular weight is 396 g/mol. The third-order valence-corrected chi connectivity index (χ3v) is 5.34. The second-order valence-electron chi connectivity index (χ2n) is 7.21. The highest BCUT2D eigenvalue weighted by Crippen LogP contribution is 2.28. The van der Waals surface area contributed by atoms with Crippen LogP contribution in [0.4, 0.5) is 10.2 Å². The van der Waals surface area contributed by atoms with Crippen molar-refractivity contribution in [2.24, 2.45) is 5.92 Å². The molecule has 0 saturated heterocycles. The molecule has 1 aliphatic carbocycles. The van der Waals surface area contributed by atoms with Crippen molar-refractivity contribution in [1.82, 2.24) is 10.3 Å². The fraction of sp³-hybridized carbons (Fsp3) is 0.409. The van der Waals surface area contributed by atoms with Crippen molar-refractivity contribution in [2.75, 3.05) is 19.0 Å². The SMILES string of the molecule is CO[C@@H]1C[C@@H](C(=O)NCCc2ccccc2F)CC[C@H]1Nc1ccc(C#N)cn1. The molecule has 29 heavy (non-hydrogen) atoms. The van der Waals surface area contributed by atoms with Crippen LogP contribution in [0, 0.1) is 23.1 Å². The topological polar surface area (TPSA) is 87.0 Å². The van der Waals surface area contributed by atoms with Crippen LogP contribution in [0.25, 0.3) is 0 Å². The Hall–Kier alpha value is -2.98. The average Bonchev–Trinajstić information content (AvgIpc) is 2.75. The maximum Gasteiger partial charge on any atom is 0.223 e. The van der Waals surface area contributed by atoms with Gasteiger partial charge >= 0.3 is 0 Å². The number of pyridine rings is 1. The molecule has 0 radical (unpaired) electrons. The normalized spacial score (nSPS) is 21.2. The first-order valence-electron chi connectivity index (χ1n) is 9.77. The third-order valence-electron chi connectivity index (χ3n) is 5.34. The van der Waals surface area contributed by atoms with Gasteiger partial charge in [0.05, 0.1) is 17.7 Å². The van der Waals surface area contributed by atoms with Crippen molar-refractivity contribution in [3.05, 3.63) is 59.5 Å². The summed E-state index contributed by atoms with van der Waals surface area (Å²) in [6, 6.07) is 12.2. The summed E-state index contributed by atoms with van der Waals surface area (Å²) >= 11 is 0. The summed E-state index contributed by atoms with van der Waals surface area (Å²) in [6.07, 6.45) is 3.98. The number of methoxy groups -OCH3 is 1. The number of halogens is 1. The van der Waals surface area contributed by atoms with E-state index in [1.54, 1.807) is 37.4 Å². The van der Waals surface area contributed by atoms with E-state index in [-0.39, 0.29) is 29.8 Å². The number of rotatable bonds is 7. The fourth-order valence-electron chi connectivity index (χ4n) is 3.69. The molecule has 2 aromatic rings. The molecule has 2 N–H and O–H groups in total. The molecule has 7 heteroatoms. The molecule has 1 fully saturated rings. The van der Waals surface area contributed by atoms with E-state index in [1.807, 2.05) is 6.07 Å². The molecule has 1 aromatic carbocycles. The van der Waals surface area contributed by atoms with Crippen molar-refractivity contribution < 1.29 is 13.9 Å². The molecule has 0 aliphatic heterocycles. The molecule has 152 valence electrons. The van der Waals surface area contributed by atoms with Gasteiger partial charge in [-0.3, -0.25) is 4.79 Å². The van der Waals surface area contributed by atoms with Crippen LogP contribution < -0.4 is 10.6 Å². The Morgan fingerprint density at radius 3 is 2.83 bits per heavy atom. The first kappa shape index (κ1) is 20.7. The van der Waals surface area contributed by atoms with Crippen LogP contribution in [0.1, 0.15) is 30.4 Å². The fourth-order valence-corrected chi connectivity index (χ4v) is 3.69. The van der Waals surface area contributed by atoms with Crippen molar-refractivity contribution in [2.45, 2.75) is 37.8 Å². The second-order valence-corrected chi connectivity index (χ2v) is 7.21. The van der Waals surface area contributed by atoms with Gasteiger partial charge in [-0.25, -0.2) is 9.37 Å². The number of benzene rings is 1. The summed E-state index contributed by atoms with van der Waals surface area (Å²) in [5.41, 5.74) is 1.11. The van der Waals surface area contributed by atoms with Gasteiger partial charge in [0.1, 0.15) is 17.7 Å². The van der Waals surface area contributed by atoms with Gasteiger partial charge in [0.2, 0.25) is 5.91 Å². The Labute approximate surface area is 170 Å². The van der Waals surface area contributed by atoms with Crippen LogP contribution >= 0.6 is 0 Å². The van der Waals surface area contributed by atoms with Crippen LogP contribution in [0.2, 0.25) is 0 Å². The number of hydrogen-bond donors (Lipinski definition) is 2. The van der Waals surface area contributed by atoms with Gasteiger partial charge in [-0.15, -0.1) is 0 Å². The second kappa shape index (κ2) is 9.99. The molecule has 0 spiro atoms. The van der Waals surface area contributed by atoms with Gasteiger partial charge in [0.25, 0.3) is 0 Å². The molecule has 1 saturated carbocycles. The highest BCUT2D eigenvalue weighted by Gasteiger charge is 2.34. The number of ether oxygens (including phenoxy) is 1. The minimum atomic E-state index is -0.246. The molecule has 1 aliphatic rings. The largest absolute Gasteiger partial charge is 0.379 e. The summed E-state index contributed by atoms with van der Waals surface area (Å²) in [5.74, 6) is 0.291. The van der Waals surface area contributed by atoms with Crippen LogP contribution in [-0.4, -0.2) is 36.7 Å². The molecule has 1 heterocycles. The van der Waals surface area contributed by atoms with Gasteiger partial charge in [0, 0.05) is 25.8 Å². The standard InChI is InChI=1S/C22H25FN4O2/c1-29-20-12-17(22(28)25-11-10-16-4-2-3-5-18(16)23)7-8-19(20)27-21-9-6-15(13-24)14-26-21/h2-6,9,14,17,19-20H,7-8,10-12H2,1H3,(H,25,28)(H,26,27)/t17-,19+,20+/m0/s1. The van der Waals surface area contributed by atoms with Crippen LogP contribution in [0.3, 0.4) is 0 Å². The summed E-state index contributed by atoms with van der Waals surface area (Å²) in [4.78, 5) is 16.8. The Morgan fingerprint density at radius 2 is 2.14 bits per heavy atom. The Balaban J connectivity index is 1.49. The first-order chi connectivity index (χ1) is 14.1. The number of nitrogens with one attached hydrogen (secondary N) is 2. The predicted octanol–water partition coefficient (Wildman–Crippen LogP) is 3.05. The lowest BCUT2D eigenvalue weighted by molar-refractivity contribution is -0.127. The minimum Gasteiger partial charge on any atom is -0.379 e. The number of anilines is 1. The number of aromatic nitrogens is 1. The predicted molar refractivity (Wildman–Crippen MR) is 108 cm³/mol. The first-order valence-corrected chi connectivity index (χ1v) is 9.77. The summed E-state index contributed by atoms with van der Waals surface area (Å²) in [5, 5.41) is 15.1. The summed E-state index contributed by atoms with van der Waals surface area (Å²) < 4.78 is 19.3. The van der Waals surface area contributed by atoms with Gasteiger partial charge in [-0.1, -0.05) is 18.2 Å². The van der Waals surface area contributed by atoms with Crippen LogP contribution in [0.5, 0.6) is 0 Å². The maximum atomic E-state index is 13.7. The summed E-state index contributed by atoms with van der Waals surface area (Å²) in [7, 11) is 1.64. The van der Waals surface area contributed by atoms with E-state index in [2.05, 4.69) is 15.6 Å². The Morgan fingerprint density at radius 1 is 1.31 bits per heavy atom. The van der Waals surface area contributed by atoms with E-state index in [1.165, 1.54) is 12.3 Å². The van der Waals surface area contributed by atoms with Crippen LogP contribution in [0.15, 0.2) is 42.6 Å². The maximum absolute atomic E-state index is 13.7. The lowest BCUT2D eigenvalue weighted by Crippen LogP contribution is -2.45. The van der Waals surface area contributed by atoms with E-state index < -0.39 is 0 Å². The number of amides is 1. The van der Waals surface area contributed by atoms with Crippen molar-refractivity contribution in [1.29, 1.82) is 5.26 Å². The van der Waals surface area contributed by atoms with Crippen molar-refractivity contribution >= 4 is 11.7 Å². The smallest absolute Gasteiger partial charge is 0.223 e. The molecule has 3 rings (SSSR count). The minimum absolute atomic E-state index is 0.0154. The number of carbonyl (C=O) groups excluding carboxylic acids is 1. The third kappa shape index (κ3) is 5.52. The zero-order chi connectivity index (χ0) is 20.6. The molecule has 1 aromatic heterocycles. The molecule has 6 nitrogen and oxygen atoms in total. The van der Waals surface area contributed by atoms with Gasteiger partial charge in [-0.2, -0.15) is 5.26 Å². The lowest BCUT2D eigenvalue weighted by Gasteiger charge is -2.35. The molecular weight excluding hydrogens is 371 g/mol. The number of carbonyl (C=O) groups is 1. The molecule has 0 bridgehead atoms. The van der Waals surface area contributed by atoms with Gasteiger partial charge < -0.3 is 15.4 Å². The number of hydrogen-bond acceptors (Lipinski definition) is 5. The van der Waals surface area contributed by atoms with Crippen molar-refractivity contribution in [3.63, 3.8) is 0 Å².